The summed E-state index contributed by atoms with van der Waals surface area (Å²) in [6.45, 7) is 0.345. The third-order valence-electron chi connectivity index (χ3n) is 3.83. The molecular formula is C19H15Cl2N3O3S. The number of urea groups is 1. The van der Waals surface area contributed by atoms with Crippen molar-refractivity contribution in [3.8, 4) is 0 Å². The molecule has 0 aliphatic heterocycles. The molecule has 1 aromatic heterocycles. The Morgan fingerprint density at radius 3 is 2.18 bits per heavy atom. The Morgan fingerprint density at radius 1 is 0.893 bits per heavy atom. The Kier molecular flexibility index (Phi) is 6.18. The highest BCUT2D eigenvalue weighted by Crippen LogP contribution is 2.28. The lowest BCUT2D eigenvalue weighted by molar-refractivity contribution is 0.251. The fraction of sp³-hybridized carbons (Fsp3) is 0.0526. The van der Waals surface area contributed by atoms with Gasteiger partial charge in [0.15, 0.2) is 0 Å². The topological polar surface area (TPSA) is 88.2 Å². The summed E-state index contributed by atoms with van der Waals surface area (Å²) in [5.74, 6) is 0. The molecule has 0 radical (unpaired) electrons. The number of halogens is 2. The number of pyridine rings is 1. The van der Waals surface area contributed by atoms with Gasteiger partial charge in [0.05, 0.1) is 19.8 Å². The summed E-state index contributed by atoms with van der Waals surface area (Å²) in [6, 6.07) is 13.2. The van der Waals surface area contributed by atoms with E-state index in [0.717, 1.165) is 5.56 Å². The van der Waals surface area contributed by atoms with E-state index in [1.165, 1.54) is 42.5 Å². The van der Waals surface area contributed by atoms with Crippen molar-refractivity contribution in [1.82, 2.24) is 10.3 Å². The number of amides is 2. The summed E-state index contributed by atoms with van der Waals surface area (Å²) in [6.07, 6.45) is 3.28. The average Bonchev–Trinajstić information content (AvgIpc) is 2.69. The molecule has 0 atom stereocenters. The van der Waals surface area contributed by atoms with Crippen LogP contribution in [0.25, 0.3) is 0 Å². The van der Waals surface area contributed by atoms with Crippen molar-refractivity contribution in [2.45, 2.75) is 16.3 Å². The first-order valence-electron chi connectivity index (χ1n) is 8.10. The molecule has 2 aromatic carbocycles. The van der Waals surface area contributed by atoms with Crippen molar-refractivity contribution < 1.29 is 13.2 Å². The second-order valence-electron chi connectivity index (χ2n) is 5.77. The van der Waals surface area contributed by atoms with Crippen LogP contribution in [0.1, 0.15) is 5.56 Å². The molecule has 0 spiro atoms. The highest BCUT2D eigenvalue weighted by Gasteiger charge is 2.18. The van der Waals surface area contributed by atoms with Gasteiger partial charge in [-0.3, -0.25) is 4.98 Å². The Labute approximate surface area is 172 Å². The molecule has 0 aliphatic carbocycles. The van der Waals surface area contributed by atoms with Crippen LogP contribution < -0.4 is 10.6 Å². The van der Waals surface area contributed by atoms with Crippen molar-refractivity contribution in [1.29, 1.82) is 0 Å². The number of anilines is 1. The predicted molar refractivity (Wildman–Crippen MR) is 108 cm³/mol. The molecule has 2 amide bonds. The van der Waals surface area contributed by atoms with Crippen LogP contribution in [0.5, 0.6) is 0 Å². The summed E-state index contributed by atoms with van der Waals surface area (Å²) in [4.78, 5) is 16.0. The molecule has 6 nitrogen and oxygen atoms in total. The minimum atomic E-state index is -3.75. The Hall–Kier alpha value is -2.61. The third kappa shape index (κ3) is 4.81. The number of nitrogens with one attached hydrogen (secondary N) is 2. The largest absolute Gasteiger partial charge is 0.334 e. The van der Waals surface area contributed by atoms with Gasteiger partial charge in [-0.05, 0) is 60.2 Å². The van der Waals surface area contributed by atoms with Gasteiger partial charge < -0.3 is 10.6 Å². The quantitative estimate of drug-likeness (QED) is 0.615. The van der Waals surface area contributed by atoms with Crippen LogP contribution in [0.2, 0.25) is 10.0 Å². The number of carbonyl (C=O) groups is 1. The fourth-order valence-corrected chi connectivity index (χ4v) is 4.01. The summed E-state index contributed by atoms with van der Waals surface area (Å²) in [5.41, 5.74) is 1.37. The third-order valence-corrected chi connectivity index (χ3v) is 6.33. The van der Waals surface area contributed by atoms with E-state index in [0.29, 0.717) is 12.2 Å². The number of benzene rings is 2. The van der Waals surface area contributed by atoms with Crippen molar-refractivity contribution >= 4 is 44.8 Å². The molecule has 0 saturated heterocycles. The standard InChI is InChI=1S/C19H15Cl2N3O3S/c20-17-6-5-16(11-18(17)21)28(26,27)15-3-1-14(2-4-15)24-19(25)23-12-13-7-9-22-10-8-13/h1-11H,12H2,(H2,23,24,25). The number of rotatable bonds is 5. The second kappa shape index (κ2) is 8.60. The number of hydrogen-bond acceptors (Lipinski definition) is 4. The van der Waals surface area contributed by atoms with E-state index in [1.54, 1.807) is 24.5 Å². The van der Waals surface area contributed by atoms with Crippen LogP contribution in [-0.2, 0) is 16.4 Å². The van der Waals surface area contributed by atoms with E-state index >= 15 is 0 Å². The Balaban J connectivity index is 1.67. The smallest absolute Gasteiger partial charge is 0.319 e. The van der Waals surface area contributed by atoms with Gasteiger partial charge in [0, 0.05) is 24.6 Å². The molecule has 2 N–H and O–H groups in total. The lowest BCUT2D eigenvalue weighted by atomic mass is 10.3. The summed E-state index contributed by atoms with van der Waals surface area (Å²) >= 11 is 11.7. The SMILES string of the molecule is O=C(NCc1ccncc1)Nc1ccc(S(=O)(=O)c2ccc(Cl)c(Cl)c2)cc1. The molecule has 1 heterocycles. The van der Waals surface area contributed by atoms with Crippen molar-refractivity contribution in [2.75, 3.05) is 5.32 Å². The number of sulfone groups is 1. The molecule has 0 saturated carbocycles. The van der Waals surface area contributed by atoms with Gasteiger partial charge in [0.25, 0.3) is 0 Å². The lowest BCUT2D eigenvalue weighted by Crippen LogP contribution is -2.28. The van der Waals surface area contributed by atoms with Gasteiger partial charge in [-0.2, -0.15) is 0 Å². The van der Waals surface area contributed by atoms with Gasteiger partial charge in [-0.1, -0.05) is 23.2 Å². The molecule has 3 aromatic rings. The molecule has 3 rings (SSSR count). The number of aromatic nitrogens is 1. The molecular weight excluding hydrogens is 421 g/mol. The van der Waals surface area contributed by atoms with Crippen LogP contribution in [0.4, 0.5) is 10.5 Å². The van der Waals surface area contributed by atoms with Crippen LogP contribution in [-0.4, -0.2) is 19.4 Å². The first-order chi connectivity index (χ1) is 13.4. The van der Waals surface area contributed by atoms with E-state index in [9.17, 15) is 13.2 Å². The highest BCUT2D eigenvalue weighted by atomic mass is 35.5. The minimum Gasteiger partial charge on any atom is -0.334 e. The van der Waals surface area contributed by atoms with E-state index in [-0.39, 0.29) is 19.8 Å². The molecule has 0 fully saturated rings. The normalized spacial score (nSPS) is 11.1. The van der Waals surface area contributed by atoms with Gasteiger partial charge >= 0.3 is 6.03 Å². The zero-order chi connectivity index (χ0) is 20.1. The zero-order valence-electron chi connectivity index (χ0n) is 14.4. The number of carbonyl (C=O) groups excluding carboxylic acids is 1. The molecule has 28 heavy (non-hydrogen) atoms. The van der Waals surface area contributed by atoms with Gasteiger partial charge in [0.2, 0.25) is 9.84 Å². The lowest BCUT2D eigenvalue weighted by Gasteiger charge is -2.09. The first-order valence-corrected chi connectivity index (χ1v) is 10.3. The van der Waals surface area contributed by atoms with Crippen molar-refractivity contribution in [3.05, 3.63) is 82.6 Å². The van der Waals surface area contributed by atoms with E-state index in [4.69, 9.17) is 23.2 Å². The summed E-state index contributed by atoms with van der Waals surface area (Å²) < 4.78 is 25.4. The van der Waals surface area contributed by atoms with E-state index < -0.39 is 15.9 Å². The van der Waals surface area contributed by atoms with Crippen LogP contribution in [0, 0.1) is 0 Å². The van der Waals surface area contributed by atoms with Gasteiger partial charge in [-0.25, -0.2) is 13.2 Å². The summed E-state index contributed by atoms with van der Waals surface area (Å²) in [5, 5.41) is 5.79. The Bertz CT molecular complexity index is 1090. The van der Waals surface area contributed by atoms with Gasteiger partial charge in [0.1, 0.15) is 0 Å². The summed E-state index contributed by atoms with van der Waals surface area (Å²) in [7, 11) is -3.75. The number of nitrogens with zero attached hydrogens (tertiary/aromatic N) is 1. The molecule has 0 unspecified atom stereocenters. The van der Waals surface area contributed by atoms with Crippen LogP contribution in [0.3, 0.4) is 0 Å². The maximum Gasteiger partial charge on any atom is 0.319 e. The van der Waals surface area contributed by atoms with Crippen molar-refractivity contribution in [3.63, 3.8) is 0 Å². The Morgan fingerprint density at radius 2 is 1.54 bits per heavy atom. The molecule has 144 valence electrons. The molecule has 0 aliphatic rings. The maximum absolute atomic E-state index is 12.7. The zero-order valence-corrected chi connectivity index (χ0v) is 16.7. The van der Waals surface area contributed by atoms with E-state index in [1.807, 2.05) is 0 Å². The number of hydrogen-bond donors (Lipinski definition) is 2. The maximum atomic E-state index is 12.7. The monoisotopic (exact) mass is 435 g/mol. The minimum absolute atomic E-state index is 0.0395. The van der Waals surface area contributed by atoms with Crippen LogP contribution >= 0.6 is 23.2 Å². The van der Waals surface area contributed by atoms with Crippen LogP contribution in [0.15, 0.2) is 76.8 Å². The molecule has 0 bridgehead atoms. The second-order valence-corrected chi connectivity index (χ2v) is 8.53. The predicted octanol–water partition coefficient (Wildman–Crippen LogP) is 4.54. The van der Waals surface area contributed by atoms with Crippen molar-refractivity contribution in [2.24, 2.45) is 0 Å². The fourth-order valence-electron chi connectivity index (χ4n) is 2.36. The first kappa shape index (κ1) is 20.1. The van der Waals surface area contributed by atoms with Gasteiger partial charge in [-0.15, -0.1) is 0 Å². The highest BCUT2D eigenvalue weighted by molar-refractivity contribution is 7.91. The van der Waals surface area contributed by atoms with E-state index in [2.05, 4.69) is 15.6 Å². The molecule has 9 heteroatoms. The average molecular weight is 436 g/mol.